The van der Waals surface area contributed by atoms with Gasteiger partial charge in [0, 0.05) is 44.4 Å². The lowest BCUT2D eigenvalue weighted by Crippen LogP contribution is -2.41. The molecule has 7 heteroatoms. The molecule has 29 heavy (non-hydrogen) atoms. The van der Waals surface area contributed by atoms with E-state index in [1.54, 1.807) is 0 Å². The molecule has 0 bridgehead atoms. The number of ether oxygens (including phenoxy) is 1. The predicted molar refractivity (Wildman–Crippen MR) is 107 cm³/mol. The second kappa shape index (κ2) is 10.6. The van der Waals surface area contributed by atoms with Crippen LogP contribution in [0.4, 0.5) is 8.78 Å². The molecule has 0 aromatic heterocycles. The highest BCUT2D eigenvalue weighted by Gasteiger charge is 2.19. The van der Waals surface area contributed by atoms with Gasteiger partial charge in [0.25, 0.3) is 0 Å². The quantitative estimate of drug-likeness (QED) is 0.597. The van der Waals surface area contributed by atoms with Crippen LogP contribution in [0.3, 0.4) is 0 Å². The van der Waals surface area contributed by atoms with Gasteiger partial charge in [-0.05, 0) is 36.6 Å². The Hall–Kier alpha value is -2.06. The zero-order chi connectivity index (χ0) is 20.6. The van der Waals surface area contributed by atoms with Crippen LogP contribution in [0, 0.1) is 11.6 Å². The lowest BCUT2D eigenvalue weighted by Gasteiger charge is -2.30. The molecule has 3 N–H and O–H groups in total. The summed E-state index contributed by atoms with van der Waals surface area (Å²) >= 11 is 0. The van der Waals surface area contributed by atoms with Crippen molar-refractivity contribution >= 4 is 0 Å². The maximum Gasteiger partial charge on any atom is 0.130 e. The SMILES string of the molecule is OC1CCN(C[C@H](O)COc2cccc(CNCc3ccc(F)cc3F)c2)CC1. The van der Waals surface area contributed by atoms with Gasteiger partial charge in [-0.1, -0.05) is 18.2 Å². The molecule has 0 unspecified atom stereocenters. The van der Waals surface area contributed by atoms with Gasteiger partial charge in [0.15, 0.2) is 0 Å². The largest absolute Gasteiger partial charge is 0.491 e. The number of nitrogens with one attached hydrogen (secondary N) is 1. The first-order valence-electron chi connectivity index (χ1n) is 9.94. The van der Waals surface area contributed by atoms with Crippen LogP contribution in [0.1, 0.15) is 24.0 Å². The average Bonchev–Trinajstić information content (AvgIpc) is 2.70. The van der Waals surface area contributed by atoms with E-state index < -0.39 is 17.7 Å². The summed E-state index contributed by atoms with van der Waals surface area (Å²) in [5, 5.41) is 22.9. The van der Waals surface area contributed by atoms with Crippen LogP contribution >= 0.6 is 0 Å². The van der Waals surface area contributed by atoms with Gasteiger partial charge in [0.05, 0.1) is 6.10 Å². The number of likely N-dealkylation sites (tertiary alicyclic amines) is 1. The summed E-state index contributed by atoms with van der Waals surface area (Å²) in [5.41, 5.74) is 1.37. The molecule has 1 aliphatic heterocycles. The Kier molecular flexibility index (Phi) is 7.94. The van der Waals surface area contributed by atoms with Gasteiger partial charge in [0.2, 0.25) is 0 Å². The minimum Gasteiger partial charge on any atom is -0.491 e. The number of hydrogen-bond acceptors (Lipinski definition) is 5. The summed E-state index contributed by atoms with van der Waals surface area (Å²) in [5.74, 6) is -0.492. The Balaban J connectivity index is 1.41. The molecule has 0 spiro atoms. The summed E-state index contributed by atoms with van der Waals surface area (Å²) < 4.78 is 32.3. The fourth-order valence-corrected chi connectivity index (χ4v) is 3.40. The summed E-state index contributed by atoms with van der Waals surface area (Å²) in [7, 11) is 0. The molecule has 5 nitrogen and oxygen atoms in total. The molecule has 158 valence electrons. The highest BCUT2D eigenvalue weighted by molar-refractivity contribution is 5.28. The fraction of sp³-hybridized carbons (Fsp3) is 0.455. The van der Waals surface area contributed by atoms with Gasteiger partial charge in [-0.15, -0.1) is 0 Å². The highest BCUT2D eigenvalue weighted by Crippen LogP contribution is 2.15. The Morgan fingerprint density at radius 2 is 1.90 bits per heavy atom. The molecule has 3 rings (SSSR count). The fourth-order valence-electron chi connectivity index (χ4n) is 3.40. The van der Waals surface area contributed by atoms with Gasteiger partial charge in [-0.2, -0.15) is 0 Å². The third-order valence-corrected chi connectivity index (χ3v) is 5.03. The topological polar surface area (TPSA) is 65.0 Å². The predicted octanol–water partition coefficient (Wildman–Crippen LogP) is 2.45. The molecular weight excluding hydrogens is 378 g/mol. The molecule has 1 atom stereocenters. The number of hydrogen-bond donors (Lipinski definition) is 3. The maximum atomic E-state index is 13.7. The summed E-state index contributed by atoms with van der Waals surface area (Å²) in [6, 6.07) is 11.0. The maximum absolute atomic E-state index is 13.7. The molecule has 1 aliphatic rings. The third kappa shape index (κ3) is 7.04. The molecule has 0 radical (unpaired) electrons. The van der Waals surface area contributed by atoms with Gasteiger partial charge in [-0.3, -0.25) is 0 Å². The summed E-state index contributed by atoms with van der Waals surface area (Å²) in [4.78, 5) is 2.13. The molecule has 1 heterocycles. The van der Waals surface area contributed by atoms with Crippen molar-refractivity contribution in [3.8, 4) is 5.75 Å². The lowest BCUT2D eigenvalue weighted by atomic mass is 10.1. The van der Waals surface area contributed by atoms with Gasteiger partial charge in [-0.25, -0.2) is 8.78 Å². The summed E-state index contributed by atoms with van der Waals surface area (Å²) in [6.07, 6.45) is 0.651. The van der Waals surface area contributed by atoms with E-state index in [9.17, 15) is 19.0 Å². The molecule has 0 amide bonds. The second-order valence-corrected chi connectivity index (χ2v) is 7.48. The van der Waals surface area contributed by atoms with Crippen molar-refractivity contribution in [3.63, 3.8) is 0 Å². The molecule has 1 fully saturated rings. The van der Waals surface area contributed by atoms with E-state index in [-0.39, 0.29) is 12.7 Å². The monoisotopic (exact) mass is 406 g/mol. The first kappa shape index (κ1) is 21.6. The van der Waals surface area contributed by atoms with Crippen molar-refractivity contribution in [1.29, 1.82) is 0 Å². The second-order valence-electron chi connectivity index (χ2n) is 7.48. The number of aliphatic hydroxyl groups excluding tert-OH is 2. The van der Waals surface area contributed by atoms with E-state index in [0.29, 0.717) is 30.9 Å². The van der Waals surface area contributed by atoms with Crippen LogP contribution in [-0.4, -0.2) is 53.6 Å². The number of rotatable bonds is 9. The number of aliphatic hydroxyl groups is 2. The van der Waals surface area contributed by atoms with Gasteiger partial charge < -0.3 is 25.2 Å². The Morgan fingerprint density at radius 1 is 1.10 bits per heavy atom. The van der Waals surface area contributed by atoms with E-state index in [1.807, 2.05) is 24.3 Å². The average molecular weight is 406 g/mol. The molecule has 2 aromatic carbocycles. The molecule has 0 aliphatic carbocycles. The van der Waals surface area contributed by atoms with Crippen molar-refractivity contribution in [2.24, 2.45) is 0 Å². The highest BCUT2D eigenvalue weighted by atomic mass is 19.1. The smallest absolute Gasteiger partial charge is 0.130 e. The molecule has 2 aromatic rings. The van der Waals surface area contributed by atoms with Crippen LogP contribution < -0.4 is 10.1 Å². The Morgan fingerprint density at radius 3 is 2.66 bits per heavy atom. The Labute approximate surface area is 169 Å². The standard InChI is InChI=1S/C22H28F2N2O3/c23-18-5-4-17(22(24)11-18)13-25-12-16-2-1-3-21(10-16)29-15-20(28)14-26-8-6-19(27)7-9-26/h1-5,10-11,19-20,25,27-28H,6-9,12-15H2/t20-/m0/s1. The number of β-amino-alcohol motifs (C(OH)–C–C–N with tert-alkyl or cyclic N) is 1. The van der Waals surface area contributed by atoms with Crippen LogP contribution in [0.5, 0.6) is 5.75 Å². The van der Waals surface area contributed by atoms with E-state index in [2.05, 4.69) is 10.2 Å². The summed E-state index contributed by atoms with van der Waals surface area (Å²) in [6.45, 7) is 3.09. The van der Waals surface area contributed by atoms with Crippen LogP contribution in [0.15, 0.2) is 42.5 Å². The Bertz CT molecular complexity index is 782. The van der Waals surface area contributed by atoms with Gasteiger partial charge in [0.1, 0.15) is 30.1 Å². The third-order valence-electron chi connectivity index (χ3n) is 5.03. The zero-order valence-corrected chi connectivity index (χ0v) is 16.4. The zero-order valence-electron chi connectivity index (χ0n) is 16.4. The number of benzene rings is 2. The number of halogens is 2. The van der Waals surface area contributed by atoms with Crippen molar-refractivity contribution in [2.45, 2.75) is 38.1 Å². The van der Waals surface area contributed by atoms with Crippen LogP contribution in [0.2, 0.25) is 0 Å². The van der Waals surface area contributed by atoms with E-state index in [4.69, 9.17) is 4.74 Å². The molecule has 1 saturated heterocycles. The molecule has 0 saturated carbocycles. The van der Waals surface area contributed by atoms with Crippen molar-refractivity contribution < 1.29 is 23.7 Å². The van der Waals surface area contributed by atoms with E-state index in [0.717, 1.165) is 37.6 Å². The van der Waals surface area contributed by atoms with E-state index >= 15 is 0 Å². The number of nitrogens with zero attached hydrogens (tertiary/aromatic N) is 1. The van der Waals surface area contributed by atoms with Crippen LogP contribution in [0.25, 0.3) is 0 Å². The van der Waals surface area contributed by atoms with Gasteiger partial charge >= 0.3 is 0 Å². The normalized spacial score (nSPS) is 16.7. The van der Waals surface area contributed by atoms with Crippen LogP contribution in [-0.2, 0) is 13.1 Å². The number of piperidine rings is 1. The first-order chi connectivity index (χ1) is 14.0. The van der Waals surface area contributed by atoms with Crippen molar-refractivity contribution in [1.82, 2.24) is 10.2 Å². The van der Waals surface area contributed by atoms with E-state index in [1.165, 1.54) is 12.1 Å². The lowest BCUT2D eigenvalue weighted by molar-refractivity contribution is 0.0337. The van der Waals surface area contributed by atoms with Crippen molar-refractivity contribution in [3.05, 3.63) is 65.2 Å². The minimum absolute atomic E-state index is 0.191. The molecular formula is C22H28F2N2O3. The minimum atomic E-state index is -0.603. The van der Waals surface area contributed by atoms with Crippen molar-refractivity contribution in [2.75, 3.05) is 26.2 Å². The first-order valence-corrected chi connectivity index (χ1v) is 9.94.